The second kappa shape index (κ2) is 9.16. The molecule has 7 heteroatoms. The second-order valence-electron chi connectivity index (χ2n) is 8.94. The molecule has 0 saturated carbocycles. The summed E-state index contributed by atoms with van der Waals surface area (Å²) in [4.78, 5) is 17.5. The number of para-hydroxylation sites is 1. The molecule has 3 aromatic rings. The van der Waals surface area contributed by atoms with E-state index in [1.807, 2.05) is 65.0 Å². The predicted octanol–water partition coefficient (Wildman–Crippen LogP) is 4.73. The van der Waals surface area contributed by atoms with Crippen molar-refractivity contribution < 1.29 is 19.0 Å². The topological polar surface area (TPSA) is 76.4 Å². The van der Waals surface area contributed by atoms with Crippen molar-refractivity contribution in [3.63, 3.8) is 0 Å². The maximum absolute atomic E-state index is 14.5. The van der Waals surface area contributed by atoms with E-state index < -0.39 is 17.5 Å². The standard InChI is InChI=1S/C24H30FN3O3/c1-15(2)20(14-29)26-13-19-17(25)10-11-18(27-19)22-12-16-8-6-7-9-21(16)28(22)23(30)31-24(3,4)5/h6-12,15,20,26,29H,13-14H2,1-5H3/t20-/m0/s1. The third-order valence-electron chi connectivity index (χ3n) is 5.00. The number of aliphatic hydroxyl groups excluding tert-OH is 1. The van der Waals surface area contributed by atoms with Gasteiger partial charge >= 0.3 is 6.09 Å². The molecule has 0 fully saturated rings. The zero-order valence-electron chi connectivity index (χ0n) is 18.6. The number of ether oxygens (including phenoxy) is 1. The van der Waals surface area contributed by atoms with Crippen molar-refractivity contribution in [2.75, 3.05) is 6.61 Å². The monoisotopic (exact) mass is 427 g/mol. The van der Waals surface area contributed by atoms with Crippen LogP contribution in [-0.4, -0.2) is 39.0 Å². The van der Waals surface area contributed by atoms with Crippen LogP contribution in [0.1, 0.15) is 40.3 Å². The number of carbonyl (C=O) groups is 1. The van der Waals surface area contributed by atoms with Gasteiger partial charge in [0.25, 0.3) is 0 Å². The Hall–Kier alpha value is -2.77. The summed E-state index contributed by atoms with van der Waals surface area (Å²) in [5, 5.41) is 13.5. The molecule has 1 atom stereocenters. The van der Waals surface area contributed by atoms with Crippen LogP contribution in [0.15, 0.2) is 42.5 Å². The van der Waals surface area contributed by atoms with Crippen LogP contribution in [0.4, 0.5) is 9.18 Å². The largest absolute Gasteiger partial charge is 0.443 e. The molecule has 2 N–H and O–H groups in total. The SMILES string of the molecule is CC(C)[C@H](CO)NCc1nc(-c2cc3ccccc3n2C(=O)OC(C)(C)C)ccc1F. The molecule has 0 radical (unpaired) electrons. The molecule has 0 aliphatic rings. The molecule has 0 amide bonds. The molecule has 0 saturated heterocycles. The normalized spacial score (nSPS) is 13.0. The molecule has 2 aromatic heterocycles. The van der Waals surface area contributed by atoms with Crippen LogP contribution in [0.3, 0.4) is 0 Å². The van der Waals surface area contributed by atoms with E-state index >= 15 is 0 Å². The van der Waals surface area contributed by atoms with Gasteiger partial charge in [0.15, 0.2) is 0 Å². The number of carbonyl (C=O) groups excluding carboxylic acids is 1. The van der Waals surface area contributed by atoms with Crippen LogP contribution in [0.25, 0.3) is 22.3 Å². The van der Waals surface area contributed by atoms with Gasteiger partial charge < -0.3 is 15.2 Å². The fourth-order valence-corrected chi connectivity index (χ4v) is 3.34. The number of hydrogen-bond acceptors (Lipinski definition) is 5. The average molecular weight is 428 g/mol. The molecule has 0 unspecified atom stereocenters. The first-order valence-corrected chi connectivity index (χ1v) is 10.4. The van der Waals surface area contributed by atoms with Crippen LogP contribution < -0.4 is 5.32 Å². The van der Waals surface area contributed by atoms with Crippen molar-refractivity contribution in [1.82, 2.24) is 14.9 Å². The van der Waals surface area contributed by atoms with Crippen LogP contribution >= 0.6 is 0 Å². The lowest BCUT2D eigenvalue weighted by Gasteiger charge is -2.21. The molecule has 0 spiro atoms. The highest BCUT2D eigenvalue weighted by atomic mass is 19.1. The summed E-state index contributed by atoms with van der Waals surface area (Å²) in [6, 6.07) is 12.1. The first-order chi connectivity index (χ1) is 14.6. The zero-order valence-corrected chi connectivity index (χ0v) is 18.6. The van der Waals surface area contributed by atoms with Gasteiger partial charge in [0.05, 0.1) is 29.2 Å². The number of halogens is 1. The lowest BCUT2D eigenvalue weighted by molar-refractivity contribution is 0.0547. The molecule has 2 heterocycles. The summed E-state index contributed by atoms with van der Waals surface area (Å²) >= 11 is 0. The van der Waals surface area contributed by atoms with E-state index in [9.17, 15) is 14.3 Å². The van der Waals surface area contributed by atoms with Crippen molar-refractivity contribution >= 4 is 17.0 Å². The number of nitrogens with one attached hydrogen (secondary N) is 1. The average Bonchev–Trinajstić information content (AvgIpc) is 3.08. The number of aromatic nitrogens is 2. The molecule has 166 valence electrons. The Balaban J connectivity index is 2.03. The summed E-state index contributed by atoms with van der Waals surface area (Å²) in [7, 11) is 0. The van der Waals surface area contributed by atoms with Crippen molar-refractivity contribution in [1.29, 1.82) is 0 Å². The number of benzene rings is 1. The van der Waals surface area contributed by atoms with Gasteiger partial charge in [-0.3, -0.25) is 0 Å². The minimum absolute atomic E-state index is 0.0497. The van der Waals surface area contributed by atoms with Gasteiger partial charge in [0.1, 0.15) is 11.4 Å². The first-order valence-electron chi connectivity index (χ1n) is 10.4. The smallest absolute Gasteiger partial charge is 0.419 e. The molecule has 0 aliphatic heterocycles. The van der Waals surface area contributed by atoms with Crippen LogP contribution in [0.2, 0.25) is 0 Å². The Morgan fingerprint density at radius 3 is 2.58 bits per heavy atom. The van der Waals surface area contributed by atoms with Crippen LogP contribution in [0.5, 0.6) is 0 Å². The molecule has 0 aliphatic carbocycles. The highest BCUT2D eigenvalue weighted by molar-refractivity contribution is 5.95. The molecule has 0 bridgehead atoms. The van der Waals surface area contributed by atoms with Crippen molar-refractivity contribution in [3.05, 3.63) is 54.0 Å². The Labute approximate surface area is 182 Å². The van der Waals surface area contributed by atoms with Gasteiger partial charge in [0.2, 0.25) is 0 Å². The van der Waals surface area contributed by atoms with E-state index in [0.717, 1.165) is 5.39 Å². The summed E-state index contributed by atoms with van der Waals surface area (Å²) in [5.74, 6) is -0.262. The van der Waals surface area contributed by atoms with Crippen molar-refractivity contribution in [3.8, 4) is 11.4 Å². The van der Waals surface area contributed by atoms with E-state index in [2.05, 4.69) is 10.3 Å². The van der Waals surface area contributed by atoms with Crippen LogP contribution in [0, 0.1) is 11.7 Å². The predicted molar refractivity (Wildman–Crippen MR) is 119 cm³/mol. The number of pyridine rings is 1. The second-order valence-corrected chi connectivity index (χ2v) is 8.94. The summed E-state index contributed by atoms with van der Waals surface area (Å²) in [6.45, 7) is 9.50. The van der Waals surface area contributed by atoms with E-state index in [1.54, 1.807) is 6.07 Å². The highest BCUT2D eigenvalue weighted by Crippen LogP contribution is 2.29. The van der Waals surface area contributed by atoms with Gasteiger partial charge in [-0.05, 0) is 51.0 Å². The summed E-state index contributed by atoms with van der Waals surface area (Å²) in [6.07, 6.45) is -0.519. The van der Waals surface area contributed by atoms with Gasteiger partial charge in [-0.25, -0.2) is 18.7 Å². The minimum atomic E-state index is -0.665. The molecule has 1 aromatic carbocycles. The van der Waals surface area contributed by atoms with Crippen molar-refractivity contribution in [2.24, 2.45) is 5.92 Å². The van der Waals surface area contributed by atoms with E-state index in [0.29, 0.717) is 16.9 Å². The van der Waals surface area contributed by atoms with E-state index in [4.69, 9.17) is 4.74 Å². The Kier molecular flexibility index (Phi) is 6.77. The third-order valence-corrected chi connectivity index (χ3v) is 5.00. The Morgan fingerprint density at radius 1 is 1.23 bits per heavy atom. The summed E-state index contributed by atoms with van der Waals surface area (Å²) < 4.78 is 21.5. The number of rotatable bonds is 6. The third kappa shape index (κ3) is 5.29. The van der Waals surface area contributed by atoms with Gasteiger partial charge in [-0.15, -0.1) is 0 Å². The zero-order chi connectivity index (χ0) is 22.8. The maximum atomic E-state index is 14.5. The van der Waals surface area contributed by atoms with E-state index in [-0.39, 0.29) is 30.8 Å². The van der Waals surface area contributed by atoms with Crippen molar-refractivity contribution in [2.45, 2.75) is 52.8 Å². The number of hydrogen-bond donors (Lipinski definition) is 2. The highest BCUT2D eigenvalue weighted by Gasteiger charge is 2.24. The maximum Gasteiger partial charge on any atom is 0.419 e. The lowest BCUT2D eigenvalue weighted by atomic mass is 10.1. The Morgan fingerprint density at radius 2 is 1.94 bits per heavy atom. The quantitative estimate of drug-likeness (QED) is 0.595. The first kappa shape index (κ1) is 22.9. The minimum Gasteiger partial charge on any atom is -0.443 e. The van der Waals surface area contributed by atoms with Gasteiger partial charge in [-0.2, -0.15) is 0 Å². The molecule has 6 nitrogen and oxygen atoms in total. The number of aliphatic hydroxyl groups is 1. The van der Waals surface area contributed by atoms with E-state index in [1.165, 1.54) is 10.6 Å². The van der Waals surface area contributed by atoms with Gasteiger partial charge in [-0.1, -0.05) is 32.0 Å². The molecular formula is C24H30FN3O3. The number of fused-ring (bicyclic) bond motifs is 1. The number of nitrogens with zero attached hydrogens (tertiary/aromatic N) is 2. The van der Waals surface area contributed by atoms with Crippen LogP contribution in [-0.2, 0) is 11.3 Å². The lowest BCUT2D eigenvalue weighted by Crippen LogP contribution is -2.37. The Bertz CT molecular complexity index is 1070. The molecule has 3 rings (SSSR count). The fourth-order valence-electron chi connectivity index (χ4n) is 3.34. The molecular weight excluding hydrogens is 397 g/mol. The molecule has 31 heavy (non-hydrogen) atoms. The summed E-state index contributed by atoms with van der Waals surface area (Å²) in [5.41, 5.74) is 1.24. The van der Waals surface area contributed by atoms with Gasteiger partial charge in [0, 0.05) is 18.0 Å². The fraction of sp³-hybridized carbons (Fsp3) is 0.417.